The van der Waals surface area contributed by atoms with Crippen LogP contribution in [0, 0.1) is 5.82 Å². The van der Waals surface area contributed by atoms with Crippen molar-refractivity contribution in [1.29, 1.82) is 0 Å². The number of hydrogen-bond donors (Lipinski definition) is 0. The Labute approximate surface area is 173 Å². The Morgan fingerprint density at radius 2 is 1.75 bits per heavy atom. The minimum Gasteiger partial charge on any atom is -0.340 e. The van der Waals surface area contributed by atoms with E-state index in [1.807, 2.05) is 24.3 Å². The third-order valence-electron chi connectivity index (χ3n) is 4.62. The summed E-state index contributed by atoms with van der Waals surface area (Å²) < 4.78 is 13.9. The first kappa shape index (κ1) is 20.7. The Hall–Kier alpha value is -2.05. The number of hydrogen-bond acceptors (Lipinski definition) is 3. The fourth-order valence-electron chi connectivity index (χ4n) is 3.15. The third kappa shape index (κ3) is 5.49. The van der Waals surface area contributed by atoms with Gasteiger partial charge in [-0.3, -0.25) is 9.59 Å². The topological polar surface area (TPSA) is 40.6 Å². The van der Waals surface area contributed by atoms with Crippen molar-refractivity contribution in [2.24, 2.45) is 0 Å². The van der Waals surface area contributed by atoms with Crippen molar-refractivity contribution in [2.45, 2.75) is 12.2 Å². The summed E-state index contributed by atoms with van der Waals surface area (Å²) in [5, 5.41) is 0.691. The van der Waals surface area contributed by atoms with Gasteiger partial charge in [-0.15, -0.1) is 11.8 Å². The van der Waals surface area contributed by atoms with E-state index in [2.05, 4.69) is 0 Å². The molecule has 2 aromatic carbocycles. The molecule has 2 aromatic rings. The highest BCUT2D eigenvalue weighted by molar-refractivity contribution is 7.99. The summed E-state index contributed by atoms with van der Waals surface area (Å²) in [5.74, 6) is 0.336. The van der Waals surface area contributed by atoms with Gasteiger partial charge in [0.1, 0.15) is 5.82 Å². The van der Waals surface area contributed by atoms with Crippen molar-refractivity contribution in [3.05, 3.63) is 70.5 Å². The van der Waals surface area contributed by atoms with Crippen molar-refractivity contribution in [3.63, 3.8) is 0 Å². The lowest BCUT2D eigenvalue weighted by molar-refractivity contribution is -0.128. The summed E-state index contributed by atoms with van der Waals surface area (Å²) in [6.45, 7) is 2.01. The SMILES string of the molecule is O=C(CSCc1cccc(Cl)c1)N1CCCN(C(=O)c2ccccc2F)CC1. The van der Waals surface area contributed by atoms with E-state index in [-0.39, 0.29) is 17.4 Å². The molecule has 28 heavy (non-hydrogen) atoms. The maximum Gasteiger partial charge on any atom is 0.256 e. The zero-order valence-electron chi connectivity index (χ0n) is 15.4. The molecule has 0 N–H and O–H groups in total. The van der Waals surface area contributed by atoms with Crippen molar-refractivity contribution >= 4 is 35.2 Å². The molecule has 1 heterocycles. The molecule has 0 unspecified atom stereocenters. The Kier molecular flexibility index (Phi) is 7.34. The second-order valence-corrected chi connectivity index (χ2v) is 8.05. The summed E-state index contributed by atoms with van der Waals surface area (Å²) in [6, 6.07) is 13.6. The standard InChI is InChI=1S/C21H22ClFN2O2S/c22-17-6-3-5-16(13-17)14-28-15-20(26)24-9-4-10-25(12-11-24)21(27)18-7-1-2-8-19(18)23/h1-3,5-8,13H,4,9-12,14-15H2. The maximum absolute atomic E-state index is 13.9. The van der Waals surface area contributed by atoms with Crippen molar-refractivity contribution in [3.8, 4) is 0 Å². The first-order valence-corrected chi connectivity index (χ1v) is 10.7. The van der Waals surface area contributed by atoms with Crippen LogP contribution < -0.4 is 0 Å². The van der Waals surface area contributed by atoms with Gasteiger partial charge in [-0.05, 0) is 36.2 Å². The van der Waals surface area contributed by atoms with Crippen molar-refractivity contribution in [1.82, 2.24) is 9.80 Å². The minimum atomic E-state index is -0.512. The van der Waals surface area contributed by atoms with Crippen LogP contribution in [-0.4, -0.2) is 53.5 Å². The molecule has 0 atom stereocenters. The second-order valence-electron chi connectivity index (χ2n) is 6.63. The smallest absolute Gasteiger partial charge is 0.256 e. The normalized spacial score (nSPS) is 14.6. The van der Waals surface area contributed by atoms with Gasteiger partial charge in [-0.2, -0.15) is 0 Å². The Balaban J connectivity index is 1.49. The van der Waals surface area contributed by atoms with Gasteiger partial charge in [0.2, 0.25) is 5.91 Å². The molecule has 0 aliphatic carbocycles. The number of thioether (sulfide) groups is 1. The molecule has 0 saturated carbocycles. The van der Waals surface area contributed by atoms with E-state index in [0.29, 0.717) is 43.4 Å². The molecule has 1 saturated heterocycles. The number of benzene rings is 2. The number of carbonyl (C=O) groups is 2. The molecular weight excluding hydrogens is 399 g/mol. The second kappa shape index (κ2) is 9.94. The van der Waals surface area contributed by atoms with Crippen LogP contribution in [0.5, 0.6) is 0 Å². The highest BCUT2D eigenvalue weighted by atomic mass is 35.5. The third-order valence-corrected chi connectivity index (χ3v) is 5.85. The lowest BCUT2D eigenvalue weighted by Crippen LogP contribution is -2.38. The highest BCUT2D eigenvalue weighted by Crippen LogP contribution is 2.18. The van der Waals surface area contributed by atoms with Gasteiger partial charge in [0.05, 0.1) is 11.3 Å². The summed E-state index contributed by atoms with van der Waals surface area (Å²) in [6.07, 6.45) is 0.685. The molecule has 0 aromatic heterocycles. The van der Waals surface area contributed by atoms with E-state index in [9.17, 15) is 14.0 Å². The summed E-state index contributed by atoms with van der Waals surface area (Å²) in [4.78, 5) is 28.5. The Bertz CT molecular complexity index is 849. The number of carbonyl (C=O) groups excluding carboxylic acids is 2. The monoisotopic (exact) mass is 420 g/mol. The first-order valence-electron chi connectivity index (χ1n) is 9.18. The molecule has 0 bridgehead atoms. The lowest BCUT2D eigenvalue weighted by Gasteiger charge is -2.22. The largest absolute Gasteiger partial charge is 0.340 e. The fraction of sp³-hybridized carbons (Fsp3) is 0.333. The number of nitrogens with zero attached hydrogens (tertiary/aromatic N) is 2. The molecule has 1 fully saturated rings. The van der Waals surface area contributed by atoms with Crippen LogP contribution in [0.3, 0.4) is 0 Å². The zero-order chi connectivity index (χ0) is 19.9. The quantitative estimate of drug-likeness (QED) is 0.731. The fourth-order valence-corrected chi connectivity index (χ4v) is 4.24. The van der Waals surface area contributed by atoms with Crippen LogP contribution in [0.2, 0.25) is 5.02 Å². The average molecular weight is 421 g/mol. The molecule has 148 valence electrons. The van der Waals surface area contributed by atoms with Crippen molar-refractivity contribution < 1.29 is 14.0 Å². The zero-order valence-corrected chi connectivity index (χ0v) is 17.0. The van der Waals surface area contributed by atoms with E-state index >= 15 is 0 Å². The van der Waals surface area contributed by atoms with Gasteiger partial charge in [0, 0.05) is 37.0 Å². The highest BCUT2D eigenvalue weighted by Gasteiger charge is 2.24. The Morgan fingerprint density at radius 1 is 1.00 bits per heavy atom. The van der Waals surface area contributed by atoms with E-state index in [1.54, 1.807) is 33.7 Å². The van der Waals surface area contributed by atoms with Crippen LogP contribution in [0.25, 0.3) is 0 Å². The van der Waals surface area contributed by atoms with Crippen molar-refractivity contribution in [2.75, 3.05) is 31.9 Å². The summed E-state index contributed by atoms with van der Waals surface area (Å²) in [7, 11) is 0. The van der Waals surface area contributed by atoms with Crippen LogP contribution in [0.15, 0.2) is 48.5 Å². The van der Waals surface area contributed by atoms with Crippen LogP contribution in [0.1, 0.15) is 22.3 Å². The summed E-state index contributed by atoms with van der Waals surface area (Å²) >= 11 is 7.53. The molecule has 0 spiro atoms. The average Bonchev–Trinajstić information content (AvgIpc) is 2.94. The van der Waals surface area contributed by atoms with Crippen LogP contribution in [0.4, 0.5) is 4.39 Å². The van der Waals surface area contributed by atoms with E-state index in [4.69, 9.17) is 11.6 Å². The molecule has 1 aliphatic rings. The lowest BCUT2D eigenvalue weighted by atomic mass is 10.2. The van der Waals surface area contributed by atoms with Gasteiger partial charge in [0.15, 0.2) is 0 Å². The molecule has 7 heteroatoms. The van der Waals surface area contributed by atoms with Crippen LogP contribution in [-0.2, 0) is 10.5 Å². The van der Waals surface area contributed by atoms with Gasteiger partial charge in [0.25, 0.3) is 5.91 Å². The number of rotatable bonds is 5. The van der Waals surface area contributed by atoms with E-state index in [1.165, 1.54) is 12.1 Å². The maximum atomic E-state index is 13.9. The van der Waals surface area contributed by atoms with Gasteiger partial charge in [-0.1, -0.05) is 35.9 Å². The summed E-state index contributed by atoms with van der Waals surface area (Å²) in [5.41, 5.74) is 1.17. The molecular formula is C21H22ClFN2O2S. The minimum absolute atomic E-state index is 0.0622. The first-order chi connectivity index (χ1) is 13.5. The number of halogens is 2. The molecule has 2 amide bonds. The van der Waals surface area contributed by atoms with Crippen LogP contribution >= 0.6 is 23.4 Å². The molecule has 4 nitrogen and oxygen atoms in total. The molecule has 0 radical (unpaired) electrons. The van der Waals surface area contributed by atoms with Gasteiger partial charge in [-0.25, -0.2) is 4.39 Å². The number of amides is 2. The van der Waals surface area contributed by atoms with E-state index in [0.717, 1.165) is 11.3 Å². The Morgan fingerprint density at radius 3 is 2.54 bits per heavy atom. The molecule has 1 aliphatic heterocycles. The predicted octanol–water partition coefficient (Wildman–Crippen LogP) is 4.09. The molecule has 3 rings (SSSR count). The predicted molar refractivity (Wildman–Crippen MR) is 111 cm³/mol. The van der Waals surface area contributed by atoms with E-state index < -0.39 is 5.82 Å². The van der Waals surface area contributed by atoms with Gasteiger partial charge >= 0.3 is 0 Å². The van der Waals surface area contributed by atoms with Gasteiger partial charge < -0.3 is 9.80 Å².